The predicted octanol–water partition coefficient (Wildman–Crippen LogP) is 1.88. The van der Waals surface area contributed by atoms with E-state index in [0.29, 0.717) is 31.3 Å². The lowest BCUT2D eigenvalue weighted by atomic mass is 10.1. The number of rotatable bonds is 6. The summed E-state index contributed by atoms with van der Waals surface area (Å²) in [5.41, 5.74) is 0.823. The average Bonchev–Trinajstić information content (AvgIpc) is 3.11. The Labute approximate surface area is 147 Å². The molecule has 2 heterocycles. The number of aromatic nitrogens is 2. The zero-order valence-corrected chi connectivity index (χ0v) is 15.1. The molecule has 0 saturated carbocycles. The fraction of sp³-hybridized carbons (Fsp3) is 0.412. The highest BCUT2D eigenvalue weighted by Crippen LogP contribution is 2.26. The van der Waals surface area contributed by atoms with E-state index in [2.05, 4.69) is 10.2 Å². The van der Waals surface area contributed by atoms with Crippen LogP contribution in [0.3, 0.4) is 0 Å². The van der Waals surface area contributed by atoms with E-state index in [9.17, 15) is 8.42 Å². The van der Waals surface area contributed by atoms with Crippen molar-refractivity contribution in [1.82, 2.24) is 14.5 Å². The summed E-state index contributed by atoms with van der Waals surface area (Å²) in [6.45, 7) is 3.18. The van der Waals surface area contributed by atoms with E-state index in [-0.39, 0.29) is 10.8 Å². The largest absolute Gasteiger partial charge is 0.497 e. The van der Waals surface area contributed by atoms with Crippen LogP contribution in [-0.2, 0) is 10.0 Å². The number of sulfonamides is 1. The Balaban J connectivity index is 1.62. The Morgan fingerprint density at radius 2 is 2.08 bits per heavy atom. The maximum Gasteiger partial charge on any atom is 0.243 e. The van der Waals surface area contributed by atoms with Gasteiger partial charge in [-0.25, -0.2) is 8.42 Å². The van der Waals surface area contributed by atoms with Gasteiger partial charge in [0, 0.05) is 31.1 Å². The lowest BCUT2D eigenvalue weighted by Gasteiger charge is -2.17. The highest BCUT2D eigenvalue weighted by molar-refractivity contribution is 7.89. The number of hydrogen-bond donors (Lipinski definition) is 0. The molecular weight excluding hydrogens is 342 g/mol. The molecule has 0 amide bonds. The van der Waals surface area contributed by atoms with Gasteiger partial charge in [-0.2, -0.15) is 9.40 Å². The summed E-state index contributed by atoms with van der Waals surface area (Å²) in [7, 11) is -2.01. The number of ether oxygens (including phenoxy) is 2. The summed E-state index contributed by atoms with van der Waals surface area (Å²) in [4.78, 5) is 0.248. The van der Waals surface area contributed by atoms with Crippen molar-refractivity contribution in [2.45, 2.75) is 18.2 Å². The van der Waals surface area contributed by atoms with Crippen LogP contribution in [0.2, 0.25) is 0 Å². The molecule has 0 N–H and O–H groups in total. The van der Waals surface area contributed by atoms with Crippen LogP contribution < -0.4 is 9.47 Å². The van der Waals surface area contributed by atoms with Crippen molar-refractivity contribution < 1.29 is 17.9 Å². The van der Waals surface area contributed by atoms with E-state index in [0.717, 1.165) is 12.1 Å². The number of methoxy groups -OCH3 is 1. The van der Waals surface area contributed by atoms with Gasteiger partial charge in [-0.3, -0.25) is 0 Å². The fourth-order valence-corrected chi connectivity index (χ4v) is 4.30. The maximum atomic E-state index is 12.8. The number of benzene rings is 1. The smallest absolute Gasteiger partial charge is 0.243 e. The molecule has 0 bridgehead atoms. The van der Waals surface area contributed by atoms with E-state index in [1.54, 1.807) is 30.3 Å². The quantitative estimate of drug-likeness (QED) is 0.779. The minimum atomic E-state index is -3.52. The number of aryl methyl sites for hydroxylation is 1. The van der Waals surface area contributed by atoms with Crippen LogP contribution in [0.25, 0.3) is 0 Å². The molecule has 0 radical (unpaired) electrons. The molecule has 1 atom stereocenters. The predicted molar refractivity (Wildman–Crippen MR) is 92.1 cm³/mol. The van der Waals surface area contributed by atoms with Crippen LogP contribution >= 0.6 is 0 Å². The van der Waals surface area contributed by atoms with Crippen molar-refractivity contribution in [1.29, 1.82) is 0 Å². The third kappa shape index (κ3) is 4.08. The minimum absolute atomic E-state index is 0.128. The molecule has 1 aromatic carbocycles. The summed E-state index contributed by atoms with van der Waals surface area (Å²) < 4.78 is 37.8. The first kappa shape index (κ1) is 17.6. The minimum Gasteiger partial charge on any atom is -0.497 e. The third-order valence-electron chi connectivity index (χ3n) is 4.17. The van der Waals surface area contributed by atoms with Crippen LogP contribution in [0.15, 0.2) is 41.3 Å². The zero-order chi connectivity index (χ0) is 17.9. The molecule has 1 aromatic heterocycles. The maximum absolute atomic E-state index is 12.8. The topological polar surface area (TPSA) is 81.6 Å². The normalized spacial score (nSPS) is 18.2. The first-order chi connectivity index (χ1) is 12.0. The Hall–Kier alpha value is -2.19. The second-order valence-electron chi connectivity index (χ2n) is 6.02. The van der Waals surface area contributed by atoms with Crippen molar-refractivity contribution in [2.75, 3.05) is 26.8 Å². The summed E-state index contributed by atoms with van der Waals surface area (Å²) in [5, 5.41) is 7.90. The van der Waals surface area contributed by atoms with E-state index in [1.165, 1.54) is 11.4 Å². The monoisotopic (exact) mass is 363 g/mol. The Morgan fingerprint density at radius 1 is 1.24 bits per heavy atom. The van der Waals surface area contributed by atoms with Gasteiger partial charge in [0.15, 0.2) is 0 Å². The average molecular weight is 363 g/mol. The van der Waals surface area contributed by atoms with Gasteiger partial charge in [0.2, 0.25) is 15.9 Å². The molecule has 134 valence electrons. The summed E-state index contributed by atoms with van der Waals surface area (Å²) >= 11 is 0. The molecule has 0 spiro atoms. The van der Waals surface area contributed by atoms with Gasteiger partial charge in [-0.15, -0.1) is 5.10 Å². The van der Waals surface area contributed by atoms with Crippen LogP contribution in [-0.4, -0.2) is 49.7 Å². The lowest BCUT2D eigenvalue weighted by molar-refractivity contribution is 0.244. The van der Waals surface area contributed by atoms with Gasteiger partial charge in [0.1, 0.15) is 5.75 Å². The summed E-state index contributed by atoms with van der Waals surface area (Å²) in [5.74, 6) is 1.11. The van der Waals surface area contributed by atoms with E-state index in [1.807, 2.05) is 13.0 Å². The zero-order valence-electron chi connectivity index (χ0n) is 14.3. The van der Waals surface area contributed by atoms with Crippen molar-refractivity contribution in [3.63, 3.8) is 0 Å². The SMILES string of the molecule is COc1cccc(S(=O)(=O)N2CCC(COc3ccc(C)nn3)C2)c1. The number of hydrogen-bond acceptors (Lipinski definition) is 6. The van der Waals surface area contributed by atoms with Crippen LogP contribution in [0.5, 0.6) is 11.6 Å². The fourth-order valence-electron chi connectivity index (χ4n) is 2.73. The first-order valence-electron chi connectivity index (χ1n) is 8.06. The molecule has 1 aliphatic rings. The second kappa shape index (κ2) is 7.37. The van der Waals surface area contributed by atoms with Crippen LogP contribution in [0.1, 0.15) is 12.1 Å². The van der Waals surface area contributed by atoms with Crippen molar-refractivity contribution in [2.24, 2.45) is 5.92 Å². The molecule has 1 saturated heterocycles. The standard InChI is InChI=1S/C17H21N3O4S/c1-13-6-7-17(19-18-13)24-12-14-8-9-20(11-14)25(21,22)16-5-3-4-15(10-16)23-2/h3-7,10,14H,8-9,11-12H2,1-2H3. The Morgan fingerprint density at radius 3 is 2.80 bits per heavy atom. The van der Waals surface area contributed by atoms with Crippen molar-refractivity contribution in [3.8, 4) is 11.6 Å². The van der Waals surface area contributed by atoms with Crippen LogP contribution in [0, 0.1) is 12.8 Å². The van der Waals surface area contributed by atoms with Gasteiger partial charge in [0.05, 0.1) is 24.3 Å². The van der Waals surface area contributed by atoms with Crippen molar-refractivity contribution >= 4 is 10.0 Å². The van der Waals surface area contributed by atoms with Crippen molar-refractivity contribution in [3.05, 3.63) is 42.1 Å². The molecule has 0 aliphatic carbocycles. The molecule has 25 heavy (non-hydrogen) atoms. The molecular formula is C17H21N3O4S. The highest BCUT2D eigenvalue weighted by Gasteiger charge is 2.33. The molecule has 8 heteroatoms. The highest BCUT2D eigenvalue weighted by atomic mass is 32.2. The Kier molecular flexibility index (Phi) is 5.19. The molecule has 3 rings (SSSR count). The molecule has 2 aromatic rings. The van der Waals surface area contributed by atoms with Gasteiger partial charge in [0.25, 0.3) is 0 Å². The number of nitrogens with zero attached hydrogens (tertiary/aromatic N) is 3. The first-order valence-corrected chi connectivity index (χ1v) is 9.50. The summed E-state index contributed by atoms with van der Waals surface area (Å²) in [6, 6.07) is 10.1. The Bertz CT molecular complexity index is 824. The second-order valence-corrected chi connectivity index (χ2v) is 7.96. The van der Waals surface area contributed by atoms with Gasteiger partial charge in [-0.05, 0) is 31.5 Å². The van der Waals surface area contributed by atoms with Gasteiger partial charge in [-0.1, -0.05) is 6.07 Å². The molecule has 7 nitrogen and oxygen atoms in total. The van der Waals surface area contributed by atoms with E-state index >= 15 is 0 Å². The van der Waals surface area contributed by atoms with Crippen LogP contribution in [0.4, 0.5) is 0 Å². The lowest BCUT2D eigenvalue weighted by Crippen LogP contribution is -2.29. The third-order valence-corrected chi connectivity index (χ3v) is 6.03. The van der Waals surface area contributed by atoms with Gasteiger partial charge < -0.3 is 9.47 Å². The molecule has 1 unspecified atom stereocenters. The van der Waals surface area contributed by atoms with E-state index < -0.39 is 10.0 Å². The molecule has 1 aliphatic heterocycles. The van der Waals surface area contributed by atoms with E-state index in [4.69, 9.17) is 9.47 Å². The summed E-state index contributed by atoms with van der Waals surface area (Å²) in [6.07, 6.45) is 0.752. The molecule has 1 fully saturated rings. The van der Waals surface area contributed by atoms with Gasteiger partial charge >= 0.3 is 0 Å².